The molecule has 0 atom stereocenters. The summed E-state index contributed by atoms with van der Waals surface area (Å²) in [5.41, 5.74) is 1.55. The van der Waals surface area contributed by atoms with E-state index < -0.39 is 11.8 Å². The second kappa shape index (κ2) is 10.5. The Morgan fingerprint density at radius 3 is 1.97 bits per heavy atom. The van der Waals surface area contributed by atoms with Gasteiger partial charge >= 0.3 is 11.8 Å². The third kappa shape index (κ3) is 6.35. The summed E-state index contributed by atoms with van der Waals surface area (Å²) < 4.78 is 11.8. The average molecular weight is 469 g/mol. The zero-order valence-corrected chi connectivity index (χ0v) is 17.9. The molecule has 7 heteroatoms. The number of carbonyl (C=O) groups is 2. The summed E-state index contributed by atoms with van der Waals surface area (Å²) in [4.78, 5) is 24.1. The highest BCUT2D eigenvalue weighted by Crippen LogP contribution is 2.24. The normalized spacial score (nSPS) is 10.2. The molecular weight excluding hydrogens is 448 g/mol. The first-order valence-electron chi connectivity index (χ1n) is 9.29. The van der Waals surface area contributed by atoms with E-state index in [1.165, 1.54) is 0 Å². The highest BCUT2D eigenvalue weighted by atomic mass is 79.9. The van der Waals surface area contributed by atoms with Gasteiger partial charge in [0.1, 0.15) is 17.2 Å². The van der Waals surface area contributed by atoms with Crippen molar-refractivity contribution in [1.29, 1.82) is 0 Å². The van der Waals surface area contributed by atoms with Gasteiger partial charge in [0.2, 0.25) is 0 Å². The van der Waals surface area contributed by atoms with E-state index in [1.54, 1.807) is 31.4 Å². The molecule has 3 aromatic rings. The fourth-order valence-electron chi connectivity index (χ4n) is 2.63. The predicted molar refractivity (Wildman–Crippen MR) is 119 cm³/mol. The second-order valence-corrected chi connectivity index (χ2v) is 7.30. The maximum absolute atomic E-state index is 12.1. The molecule has 0 heterocycles. The summed E-state index contributed by atoms with van der Waals surface area (Å²) in [5, 5.41) is 5.19. The van der Waals surface area contributed by atoms with E-state index in [4.69, 9.17) is 9.47 Å². The van der Waals surface area contributed by atoms with Crippen molar-refractivity contribution in [3.63, 3.8) is 0 Å². The fraction of sp³-hybridized carbons (Fsp3) is 0.130. The molecule has 0 aliphatic rings. The van der Waals surface area contributed by atoms with Gasteiger partial charge in [-0.1, -0.05) is 28.1 Å². The molecule has 0 fully saturated rings. The largest absolute Gasteiger partial charge is 0.497 e. The summed E-state index contributed by atoms with van der Waals surface area (Å²) in [6.07, 6.45) is 0.616. The van der Waals surface area contributed by atoms with Crippen LogP contribution in [0.2, 0.25) is 0 Å². The van der Waals surface area contributed by atoms with Crippen molar-refractivity contribution in [2.24, 2.45) is 0 Å². The Hall–Kier alpha value is -3.32. The lowest BCUT2D eigenvalue weighted by Gasteiger charge is -2.09. The lowest BCUT2D eigenvalue weighted by molar-refractivity contribution is -0.136. The monoisotopic (exact) mass is 468 g/mol. The van der Waals surface area contributed by atoms with E-state index in [0.29, 0.717) is 30.2 Å². The Morgan fingerprint density at radius 2 is 1.37 bits per heavy atom. The molecule has 0 saturated carbocycles. The van der Waals surface area contributed by atoms with Crippen LogP contribution in [0.4, 0.5) is 5.69 Å². The third-order valence-electron chi connectivity index (χ3n) is 4.23. The second-order valence-electron chi connectivity index (χ2n) is 6.39. The molecule has 6 nitrogen and oxygen atoms in total. The minimum absolute atomic E-state index is 0.360. The lowest BCUT2D eigenvalue weighted by Crippen LogP contribution is -2.36. The van der Waals surface area contributed by atoms with Crippen LogP contribution in [0.25, 0.3) is 0 Å². The number of amides is 2. The minimum Gasteiger partial charge on any atom is -0.497 e. The van der Waals surface area contributed by atoms with Gasteiger partial charge in [-0.05, 0) is 72.6 Å². The van der Waals surface area contributed by atoms with Crippen molar-refractivity contribution in [1.82, 2.24) is 5.32 Å². The van der Waals surface area contributed by atoms with E-state index in [2.05, 4.69) is 26.6 Å². The minimum atomic E-state index is -0.716. The van der Waals surface area contributed by atoms with Gasteiger partial charge in [-0.15, -0.1) is 0 Å². The maximum Gasteiger partial charge on any atom is 0.313 e. The quantitative estimate of drug-likeness (QED) is 0.498. The topological polar surface area (TPSA) is 76.7 Å². The fourth-order valence-corrected chi connectivity index (χ4v) is 2.89. The van der Waals surface area contributed by atoms with Crippen molar-refractivity contribution in [3.8, 4) is 17.2 Å². The molecule has 3 rings (SSSR count). The van der Waals surface area contributed by atoms with Gasteiger partial charge in [0.25, 0.3) is 0 Å². The van der Waals surface area contributed by atoms with E-state index >= 15 is 0 Å². The lowest BCUT2D eigenvalue weighted by atomic mass is 10.1. The van der Waals surface area contributed by atoms with Crippen LogP contribution in [-0.4, -0.2) is 25.5 Å². The summed E-state index contributed by atoms with van der Waals surface area (Å²) in [6, 6.07) is 21.8. The van der Waals surface area contributed by atoms with Crippen molar-refractivity contribution in [2.45, 2.75) is 6.42 Å². The van der Waals surface area contributed by atoms with Gasteiger partial charge in [-0.2, -0.15) is 0 Å². The van der Waals surface area contributed by atoms with Crippen LogP contribution in [0.15, 0.2) is 77.3 Å². The van der Waals surface area contributed by atoms with Gasteiger partial charge in [-0.25, -0.2) is 0 Å². The first kappa shape index (κ1) is 21.4. The third-order valence-corrected chi connectivity index (χ3v) is 4.75. The van der Waals surface area contributed by atoms with Gasteiger partial charge in [0, 0.05) is 16.7 Å². The number of hydrogen-bond acceptors (Lipinski definition) is 4. The van der Waals surface area contributed by atoms with E-state index in [9.17, 15) is 9.59 Å². The van der Waals surface area contributed by atoms with Crippen LogP contribution in [0.1, 0.15) is 5.56 Å². The van der Waals surface area contributed by atoms with Crippen LogP contribution < -0.4 is 20.1 Å². The Morgan fingerprint density at radius 1 is 0.800 bits per heavy atom. The molecule has 154 valence electrons. The van der Waals surface area contributed by atoms with Gasteiger partial charge in [0.15, 0.2) is 0 Å². The van der Waals surface area contributed by atoms with Crippen molar-refractivity contribution in [3.05, 3.63) is 82.8 Å². The molecule has 0 aliphatic heterocycles. The van der Waals surface area contributed by atoms with Crippen LogP contribution in [0, 0.1) is 0 Å². The zero-order chi connectivity index (χ0) is 21.3. The van der Waals surface area contributed by atoms with E-state index in [0.717, 1.165) is 15.8 Å². The molecule has 2 amide bonds. The molecular formula is C23H21BrN2O4. The molecule has 0 radical (unpaired) electrons. The standard InChI is InChI=1S/C23H21BrN2O4/c1-29-19-8-2-16(3-9-19)14-15-25-22(27)23(28)26-18-6-12-21(13-7-18)30-20-10-4-17(24)5-11-20/h2-13H,14-15H2,1H3,(H,25,27)(H,26,28). The van der Waals surface area contributed by atoms with Crippen molar-refractivity contribution >= 4 is 33.4 Å². The molecule has 30 heavy (non-hydrogen) atoms. The van der Waals surface area contributed by atoms with Gasteiger partial charge in [-0.3, -0.25) is 9.59 Å². The van der Waals surface area contributed by atoms with Gasteiger partial charge in [0.05, 0.1) is 7.11 Å². The molecule has 0 saturated heterocycles. The Balaban J connectivity index is 1.44. The number of nitrogens with one attached hydrogen (secondary N) is 2. The summed E-state index contributed by atoms with van der Waals surface area (Å²) >= 11 is 3.37. The molecule has 0 aliphatic carbocycles. The number of methoxy groups -OCH3 is 1. The highest BCUT2D eigenvalue weighted by Gasteiger charge is 2.13. The maximum atomic E-state index is 12.1. The Kier molecular flexibility index (Phi) is 7.45. The first-order chi connectivity index (χ1) is 14.5. The number of benzene rings is 3. The summed E-state index contributed by atoms with van der Waals surface area (Å²) in [5.74, 6) is 0.700. The molecule has 0 bridgehead atoms. The Bertz CT molecular complexity index is 987. The Labute approximate surface area is 183 Å². The smallest absolute Gasteiger partial charge is 0.313 e. The summed E-state index contributed by atoms with van der Waals surface area (Å²) in [7, 11) is 1.61. The van der Waals surface area contributed by atoms with Crippen molar-refractivity contribution < 1.29 is 19.1 Å². The first-order valence-corrected chi connectivity index (χ1v) is 10.1. The molecule has 3 aromatic carbocycles. The number of rotatable bonds is 7. The highest BCUT2D eigenvalue weighted by molar-refractivity contribution is 9.10. The van der Waals surface area contributed by atoms with Crippen LogP contribution in [-0.2, 0) is 16.0 Å². The molecule has 0 spiro atoms. The van der Waals surface area contributed by atoms with Crippen molar-refractivity contribution in [2.75, 3.05) is 19.0 Å². The number of hydrogen-bond donors (Lipinski definition) is 2. The van der Waals surface area contributed by atoms with Crippen LogP contribution in [0.3, 0.4) is 0 Å². The summed E-state index contributed by atoms with van der Waals surface area (Å²) in [6.45, 7) is 0.360. The number of anilines is 1. The van der Waals surface area contributed by atoms with E-state index in [-0.39, 0.29) is 0 Å². The SMILES string of the molecule is COc1ccc(CCNC(=O)C(=O)Nc2ccc(Oc3ccc(Br)cc3)cc2)cc1. The molecule has 0 unspecified atom stereocenters. The average Bonchev–Trinajstić information content (AvgIpc) is 2.77. The molecule has 2 N–H and O–H groups in total. The zero-order valence-electron chi connectivity index (χ0n) is 16.4. The van der Waals surface area contributed by atoms with Crippen LogP contribution in [0.5, 0.6) is 17.2 Å². The van der Waals surface area contributed by atoms with E-state index in [1.807, 2.05) is 48.5 Å². The van der Waals surface area contributed by atoms with Crippen LogP contribution >= 0.6 is 15.9 Å². The van der Waals surface area contributed by atoms with Gasteiger partial charge < -0.3 is 20.1 Å². The number of halogens is 1. The predicted octanol–water partition coefficient (Wildman–Crippen LogP) is 4.55. The number of carbonyl (C=O) groups excluding carboxylic acids is 2. The number of ether oxygens (including phenoxy) is 2. The molecule has 0 aromatic heterocycles.